The van der Waals surface area contributed by atoms with Crippen LogP contribution in [0.4, 0.5) is 0 Å². The van der Waals surface area contributed by atoms with E-state index in [9.17, 15) is 9.90 Å². The number of carboxylic acids is 1. The molecule has 0 saturated carbocycles. The van der Waals surface area contributed by atoms with Gasteiger partial charge in [0.2, 0.25) is 0 Å². The second-order valence-corrected chi connectivity index (χ2v) is 7.66. The summed E-state index contributed by atoms with van der Waals surface area (Å²) in [5, 5.41) is 18.4. The lowest BCUT2D eigenvalue weighted by atomic mass is 10.1. The maximum atomic E-state index is 10.8. The highest BCUT2D eigenvalue weighted by Crippen LogP contribution is 2.34. The number of aliphatic carboxylic acids is 1. The normalized spacial score (nSPS) is 9.95. The fourth-order valence-corrected chi connectivity index (χ4v) is 4.26. The van der Waals surface area contributed by atoms with Gasteiger partial charge >= 0.3 is 5.97 Å². The molecule has 4 nitrogen and oxygen atoms in total. The number of carboxylic acid groups (broad SMARTS) is 1. The molecule has 2 rings (SSSR count). The molecule has 0 radical (unpaired) electrons. The molecule has 0 amide bonds. The summed E-state index contributed by atoms with van der Waals surface area (Å²) in [5.41, 5.74) is 0.740. The van der Waals surface area contributed by atoms with Crippen LogP contribution >= 0.6 is 67.8 Å². The molecule has 0 aromatic heterocycles. The van der Waals surface area contributed by atoms with Crippen molar-refractivity contribution < 1.29 is 19.7 Å². The summed E-state index contributed by atoms with van der Waals surface area (Å²) in [5.74, 6) is 0.665. The van der Waals surface area contributed by atoms with Crippen LogP contribution in [0.2, 0.25) is 0 Å². The molecule has 2 N–H and O–H groups in total. The molecule has 0 spiro atoms. The van der Waals surface area contributed by atoms with Gasteiger partial charge in [-0.1, -0.05) is 0 Å². The number of rotatable bonds is 4. The molecule has 8 heteroatoms. The summed E-state index contributed by atoms with van der Waals surface area (Å²) in [6, 6.07) is 8.62. The lowest BCUT2D eigenvalue weighted by Crippen LogP contribution is -2.02. The molecule has 0 unspecified atom stereocenters. The first-order chi connectivity index (χ1) is 9.86. The third-order valence-electron chi connectivity index (χ3n) is 2.55. The van der Waals surface area contributed by atoms with Crippen LogP contribution < -0.4 is 4.74 Å². The molecule has 2 aromatic carbocycles. The van der Waals surface area contributed by atoms with Crippen molar-refractivity contribution in [3.05, 3.63) is 46.6 Å². The van der Waals surface area contributed by atoms with Crippen LogP contribution in [0, 0.1) is 10.7 Å². The minimum atomic E-state index is -0.858. The van der Waals surface area contributed by atoms with Gasteiger partial charge in [-0.3, -0.25) is 4.79 Å². The fourth-order valence-electron chi connectivity index (χ4n) is 1.66. The molecule has 2 aromatic rings. The minimum Gasteiger partial charge on any atom is -0.507 e. The topological polar surface area (TPSA) is 66.8 Å². The third kappa shape index (κ3) is 5.23. The maximum Gasteiger partial charge on any atom is 0.307 e. The highest BCUT2D eigenvalue weighted by molar-refractivity contribution is 14.1. The van der Waals surface area contributed by atoms with Gasteiger partial charge in [-0.05, 0) is 115 Å². The number of benzene rings is 2. The third-order valence-corrected chi connectivity index (χ3v) is 5.02. The van der Waals surface area contributed by atoms with Gasteiger partial charge in [-0.2, -0.15) is 0 Å². The Labute approximate surface area is 173 Å². The van der Waals surface area contributed by atoms with Gasteiger partial charge in [0.1, 0.15) is 11.5 Å². The van der Waals surface area contributed by atoms with Crippen molar-refractivity contribution in [3.63, 3.8) is 0 Å². The maximum absolute atomic E-state index is 10.8. The SMILES string of the molecule is O=C(O)Cc1cc(I)c(Oc2ccc(O)c(I)c2)c(I)c1.[SiH4]. The molecule has 0 fully saturated rings. The molecular weight excluding hydrogens is 641 g/mol. The van der Waals surface area contributed by atoms with Crippen LogP contribution in [0.1, 0.15) is 5.56 Å². The van der Waals surface area contributed by atoms with Crippen LogP contribution in [0.5, 0.6) is 17.2 Å². The number of ether oxygens (including phenoxy) is 1. The van der Waals surface area contributed by atoms with Crippen LogP contribution in [-0.4, -0.2) is 27.1 Å². The molecule has 0 aliphatic carbocycles. The van der Waals surface area contributed by atoms with Crippen LogP contribution in [0.25, 0.3) is 0 Å². The predicted molar refractivity (Wildman–Crippen MR) is 115 cm³/mol. The molecule has 0 atom stereocenters. The summed E-state index contributed by atoms with van der Waals surface area (Å²) in [6.45, 7) is 0. The molecule has 0 saturated heterocycles. The largest absolute Gasteiger partial charge is 0.507 e. The van der Waals surface area contributed by atoms with Gasteiger partial charge in [0.05, 0.1) is 17.1 Å². The van der Waals surface area contributed by atoms with Gasteiger partial charge < -0.3 is 14.9 Å². The summed E-state index contributed by atoms with van der Waals surface area (Å²) in [7, 11) is 0. The first-order valence-electron chi connectivity index (χ1n) is 5.73. The number of aromatic hydroxyl groups is 1. The minimum absolute atomic E-state index is 0. The Kier molecular flexibility index (Phi) is 7.88. The second kappa shape index (κ2) is 8.68. The van der Waals surface area contributed by atoms with Crippen molar-refractivity contribution >= 4 is 84.7 Å². The molecule has 0 aliphatic rings. The Hall–Kier alpha value is -0.0831. The zero-order chi connectivity index (χ0) is 15.6. The number of carbonyl (C=O) groups is 1. The second-order valence-electron chi connectivity index (χ2n) is 4.17. The van der Waals surface area contributed by atoms with E-state index in [1.165, 1.54) is 0 Å². The molecular formula is C14H13I3O4Si. The number of hydrogen-bond acceptors (Lipinski definition) is 3. The van der Waals surface area contributed by atoms with Crippen molar-refractivity contribution in [3.8, 4) is 17.2 Å². The lowest BCUT2D eigenvalue weighted by molar-refractivity contribution is -0.136. The van der Waals surface area contributed by atoms with Crippen LogP contribution in [0.15, 0.2) is 30.3 Å². The molecule has 0 bridgehead atoms. The zero-order valence-electron chi connectivity index (χ0n) is 10.4. The Morgan fingerprint density at radius 1 is 1.05 bits per heavy atom. The van der Waals surface area contributed by atoms with Crippen molar-refractivity contribution in [2.45, 2.75) is 6.42 Å². The van der Waals surface area contributed by atoms with Gasteiger partial charge in [0.15, 0.2) is 5.75 Å². The van der Waals surface area contributed by atoms with E-state index in [1.807, 2.05) is 22.6 Å². The van der Waals surface area contributed by atoms with Crippen molar-refractivity contribution in [2.75, 3.05) is 0 Å². The van der Waals surface area contributed by atoms with Gasteiger partial charge in [0.25, 0.3) is 0 Å². The lowest BCUT2D eigenvalue weighted by Gasteiger charge is -2.12. The Morgan fingerprint density at radius 2 is 1.64 bits per heavy atom. The number of halogens is 3. The van der Waals surface area contributed by atoms with Gasteiger partial charge in [0, 0.05) is 0 Å². The Bertz CT molecular complexity index is 683. The van der Waals surface area contributed by atoms with E-state index in [0.29, 0.717) is 15.1 Å². The standard InChI is InChI=1S/C14H9I3O4.H4Si/c15-9-6-8(1-2-12(9)18)21-14-10(16)3-7(4-11(14)17)5-13(19)20;/h1-4,6,18H,5H2,(H,19,20);1H4. The van der Waals surface area contributed by atoms with Crippen molar-refractivity contribution in [1.82, 2.24) is 0 Å². The zero-order valence-corrected chi connectivity index (χ0v) is 16.9. The van der Waals surface area contributed by atoms with E-state index in [-0.39, 0.29) is 23.1 Å². The Morgan fingerprint density at radius 3 is 2.14 bits per heavy atom. The first kappa shape index (κ1) is 20.0. The van der Waals surface area contributed by atoms with Crippen LogP contribution in [0.3, 0.4) is 0 Å². The summed E-state index contributed by atoms with van der Waals surface area (Å²) < 4.78 is 8.26. The average molecular weight is 654 g/mol. The highest BCUT2D eigenvalue weighted by atomic mass is 127. The van der Waals surface area contributed by atoms with Crippen LogP contribution in [-0.2, 0) is 11.2 Å². The molecule has 22 heavy (non-hydrogen) atoms. The molecule has 0 aliphatic heterocycles. The summed E-state index contributed by atoms with van der Waals surface area (Å²) in [4.78, 5) is 10.8. The first-order valence-corrected chi connectivity index (χ1v) is 8.96. The van der Waals surface area contributed by atoms with Gasteiger partial charge in [-0.15, -0.1) is 0 Å². The van der Waals surface area contributed by atoms with E-state index < -0.39 is 5.97 Å². The monoisotopic (exact) mass is 654 g/mol. The molecule has 118 valence electrons. The van der Waals surface area contributed by atoms with E-state index in [4.69, 9.17) is 9.84 Å². The summed E-state index contributed by atoms with van der Waals surface area (Å²) in [6.07, 6.45) is -0.0105. The highest BCUT2D eigenvalue weighted by Gasteiger charge is 2.12. The van der Waals surface area contributed by atoms with E-state index >= 15 is 0 Å². The quantitative estimate of drug-likeness (QED) is 0.393. The van der Waals surface area contributed by atoms with Crippen molar-refractivity contribution in [2.24, 2.45) is 0 Å². The predicted octanol–water partition coefficient (Wildman–Crippen LogP) is 3.17. The number of phenolic OH excluding ortho intramolecular Hbond substituents is 1. The van der Waals surface area contributed by atoms with Gasteiger partial charge in [-0.25, -0.2) is 0 Å². The average Bonchev–Trinajstić information content (AvgIpc) is 2.37. The van der Waals surface area contributed by atoms with Crippen molar-refractivity contribution in [1.29, 1.82) is 0 Å². The van der Waals surface area contributed by atoms with E-state index in [2.05, 4.69) is 45.2 Å². The number of phenols is 1. The smallest absolute Gasteiger partial charge is 0.307 e. The van der Waals surface area contributed by atoms with E-state index in [0.717, 1.165) is 12.7 Å². The fraction of sp³-hybridized carbons (Fsp3) is 0.0714. The summed E-state index contributed by atoms with van der Waals surface area (Å²) >= 11 is 6.28. The molecule has 0 heterocycles. The number of hydrogen-bond donors (Lipinski definition) is 2. The van der Waals surface area contributed by atoms with E-state index in [1.54, 1.807) is 30.3 Å². The Balaban J connectivity index is 0.00000242.